The van der Waals surface area contributed by atoms with E-state index in [1.807, 2.05) is 6.92 Å². The van der Waals surface area contributed by atoms with Crippen LogP contribution >= 0.6 is 0 Å². The van der Waals surface area contributed by atoms with Gasteiger partial charge in [0.05, 0.1) is 11.4 Å². The Labute approximate surface area is 148 Å². The first kappa shape index (κ1) is 19.4. The zero-order valence-corrected chi connectivity index (χ0v) is 16.0. The van der Waals surface area contributed by atoms with Crippen LogP contribution in [0.4, 0.5) is 0 Å². The molecular weight excluding hydrogens is 364 g/mol. The third-order valence-electron chi connectivity index (χ3n) is 3.66. The number of sulfonamides is 1. The number of guanidine groups is 1. The van der Waals surface area contributed by atoms with E-state index >= 15 is 0 Å². The van der Waals surface area contributed by atoms with E-state index in [-0.39, 0.29) is 21.7 Å². The van der Waals surface area contributed by atoms with Crippen molar-refractivity contribution in [3.8, 4) is 0 Å². The van der Waals surface area contributed by atoms with Crippen molar-refractivity contribution in [1.29, 1.82) is 0 Å². The van der Waals surface area contributed by atoms with Gasteiger partial charge in [-0.3, -0.25) is 4.99 Å². The van der Waals surface area contributed by atoms with Gasteiger partial charge in [-0.1, -0.05) is 19.1 Å². The number of rotatable bonds is 5. The van der Waals surface area contributed by atoms with Gasteiger partial charge >= 0.3 is 0 Å². The van der Waals surface area contributed by atoms with Gasteiger partial charge in [0, 0.05) is 24.9 Å². The normalized spacial score (nSPS) is 18.6. The van der Waals surface area contributed by atoms with Crippen LogP contribution in [0.3, 0.4) is 0 Å². The summed E-state index contributed by atoms with van der Waals surface area (Å²) in [5.74, 6) is 0.299. The topological polar surface area (TPSA) is 108 Å². The van der Waals surface area contributed by atoms with Crippen LogP contribution in [0.5, 0.6) is 0 Å². The van der Waals surface area contributed by atoms with Gasteiger partial charge in [0.2, 0.25) is 5.96 Å². The molecule has 1 heterocycles. The van der Waals surface area contributed by atoms with Crippen molar-refractivity contribution >= 4 is 32.0 Å². The van der Waals surface area contributed by atoms with E-state index < -0.39 is 19.9 Å². The Kier molecular flexibility index (Phi) is 5.83. The summed E-state index contributed by atoms with van der Waals surface area (Å²) in [6, 6.07) is 5.47. The van der Waals surface area contributed by atoms with Crippen LogP contribution in [-0.4, -0.2) is 53.4 Å². The molecule has 25 heavy (non-hydrogen) atoms. The van der Waals surface area contributed by atoms with Crippen LogP contribution in [0.1, 0.15) is 20.3 Å². The molecule has 1 aliphatic rings. The number of hydrogen-bond acceptors (Lipinski definition) is 6. The van der Waals surface area contributed by atoms with Gasteiger partial charge in [-0.05, 0) is 25.5 Å². The second-order valence-corrected chi connectivity index (χ2v) is 9.27. The molecule has 0 radical (unpaired) electrons. The molecule has 0 bridgehead atoms. The molecule has 138 valence electrons. The average molecular weight is 386 g/mol. The summed E-state index contributed by atoms with van der Waals surface area (Å²) in [6.07, 6.45) is 3.60. The smallest absolute Gasteiger partial charge is 0.251 e. The van der Waals surface area contributed by atoms with Crippen molar-refractivity contribution in [3.05, 3.63) is 24.3 Å². The third kappa shape index (κ3) is 4.57. The first-order chi connectivity index (χ1) is 11.7. The monoisotopic (exact) mass is 386 g/mol. The first-order valence-corrected chi connectivity index (χ1v) is 11.2. The summed E-state index contributed by atoms with van der Waals surface area (Å²) in [7, 11) is -7.83. The molecule has 1 unspecified atom stereocenters. The summed E-state index contributed by atoms with van der Waals surface area (Å²) in [6.45, 7) is 4.67. The maximum atomic E-state index is 12.8. The number of nitrogens with zero attached hydrogens (tertiary/aromatic N) is 3. The Morgan fingerprint density at radius 3 is 2.40 bits per heavy atom. The van der Waals surface area contributed by atoms with Gasteiger partial charge in [-0.25, -0.2) is 26.6 Å². The lowest BCUT2D eigenvalue weighted by Crippen LogP contribution is -2.41. The fraction of sp³-hybridized carbons (Fsp3) is 0.467. The molecule has 0 saturated carbocycles. The molecule has 1 aromatic rings. The van der Waals surface area contributed by atoms with E-state index in [1.54, 1.807) is 13.1 Å². The summed E-state index contributed by atoms with van der Waals surface area (Å²) in [5, 5.41) is 5.67. The molecule has 0 amide bonds. The highest BCUT2D eigenvalue weighted by Gasteiger charge is 2.28. The minimum absolute atomic E-state index is 0.0815. The van der Waals surface area contributed by atoms with Crippen molar-refractivity contribution in [3.63, 3.8) is 0 Å². The van der Waals surface area contributed by atoms with Crippen LogP contribution < -0.4 is 4.72 Å². The van der Waals surface area contributed by atoms with Gasteiger partial charge in [0.15, 0.2) is 9.84 Å². The molecule has 1 aromatic carbocycles. The molecule has 2 rings (SSSR count). The molecule has 10 heteroatoms. The summed E-state index contributed by atoms with van der Waals surface area (Å²) in [4.78, 5) is 3.60. The zero-order chi connectivity index (χ0) is 18.7. The fourth-order valence-corrected chi connectivity index (χ4v) is 4.99. The highest BCUT2D eigenvalue weighted by Crippen LogP contribution is 2.21. The molecule has 0 fully saturated rings. The van der Waals surface area contributed by atoms with Gasteiger partial charge < -0.3 is 0 Å². The van der Waals surface area contributed by atoms with E-state index in [9.17, 15) is 16.8 Å². The molecule has 1 atom stereocenters. The van der Waals surface area contributed by atoms with Crippen molar-refractivity contribution in [2.75, 3.05) is 19.3 Å². The van der Waals surface area contributed by atoms with Crippen molar-refractivity contribution in [1.82, 2.24) is 9.73 Å². The van der Waals surface area contributed by atoms with E-state index in [1.165, 1.54) is 29.3 Å². The fourth-order valence-electron chi connectivity index (χ4n) is 2.34. The molecule has 0 aliphatic carbocycles. The highest BCUT2D eigenvalue weighted by molar-refractivity contribution is 7.93. The van der Waals surface area contributed by atoms with Crippen LogP contribution in [0.15, 0.2) is 44.2 Å². The second kappa shape index (κ2) is 7.52. The quantitative estimate of drug-likeness (QED) is 0.601. The molecule has 0 aromatic heterocycles. The minimum Gasteiger partial charge on any atom is -0.251 e. The molecule has 0 spiro atoms. The third-order valence-corrected chi connectivity index (χ3v) is 6.34. The summed E-state index contributed by atoms with van der Waals surface area (Å²) < 4.78 is 51.7. The summed E-state index contributed by atoms with van der Waals surface area (Å²) >= 11 is 0. The van der Waals surface area contributed by atoms with Crippen LogP contribution in [-0.2, 0) is 19.9 Å². The van der Waals surface area contributed by atoms with Crippen LogP contribution in [0, 0.1) is 5.92 Å². The number of hydrogen-bond donors (Lipinski definition) is 1. The van der Waals surface area contributed by atoms with E-state index in [0.717, 1.165) is 12.7 Å². The molecule has 0 saturated heterocycles. The van der Waals surface area contributed by atoms with Crippen LogP contribution in [0.2, 0.25) is 0 Å². The Bertz CT molecular complexity index is 892. The standard InChI is InChI=1S/C15H22N4O4S2/c1-4-12-10-17-19(11-12)15(16-5-2)18-25(22,23)14-9-7-6-8-13(14)24(3,20)21/h6-10,12H,4-5,11H2,1-3H3,(H,16,18). The SMILES string of the molecule is CCN=C(NS(=O)(=O)c1ccccc1S(C)(=O)=O)N1CC(CC)C=N1. The predicted molar refractivity (Wildman–Crippen MR) is 96.8 cm³/mol. The zero-order valence-electron chi connectivity index (χ0n) is 14.4. The predicted octanol–water partition coefficient (Wildman–Crippen LogP) is 1.07. The Hall–Kier alpha value is -1.94. The second-order valence-electron chi connectivity index (χ2n) is 5.64. The van der Waals surface area contributed by atoms with E-state index in [0.29, 0.717) is 13.1 Å². The maximum Gasteiger partial charge on any atom is 0.265 e. The van der Waals surface area contributed by atoms with Gasteiger partial charge in [-0.2, -0.15) is 5.10 Å². The van der Waals surface area contributed by atoms with Gasteiger partial charge in [0.1, 0.15) is 4.90 Å². The number of benzene rings is 1. The average Bonchev–Trinajstić information content (AvgIpc) is 3.02. The maximum absolute atomic E-state index is 12.8. The number of hydrazone groups is 1. The van der Waals surface area contributed by atoms with Gasteiger partial charge in [-0.15, -0.1) is 0 Å². The van der Waals surface area contributed by atoms with E-state index in [4.69, 9.17) is 0 Å². The Morgan fingerprint density at radius 1 is 1.24 bits per heavy atom. The first-order valence-electron chi connectivity index (χ1n) is 7.87. The van der Waals surface area contributed by atoms with Crippen molar-refractivity contribution in [2.24, 2.45) is 16.0 Å². The lowest BCUT2D eigenvalue weighted by Gasteiger charge is -2.20. The lowest BCUT2D eigenvalue weighted by atomic mass is 10.1. The summed E-state index contributed by atoms with van der Waals surface area (Å²) in [5.41, 5.74) is 0. The molecular formula is C15H22N4O4S2. The Balaban J connectivity index is 2.38. The van der Waals surface area contributed by atoms with Crippen molar-refractivity contribution < 1.29 is 16.8 Å². The van der Waals surface area contributed by atoms with Crippen molar-refractivity contribution in [2.45, 2.75) is 30.1 Å². The Morgan fingerprint density at radius 2 is 1.88 bits per heavy atom. The lowest BCUT2D eigenvalue weighted by molar-refractivity contribution is 0.429. The number of nitrogens with one attached hydrogen (secondary N) is 1. The largest absolute Gasteiger partial charge is 0.265 e. The number of sulfone groups is 1. The minimum atomic E-state index is -4.13. The van der Waals surface area contributed by atoms with Crippen LogP contribution in [0.25, 0.3) is 0 Å². The van der Waals surface area contributed by atoms with Gasteiger partial charge in [0.25, 0.3) is 10.0 Å². The molecule has 8 nitrogen and oxygen atoms in total. The molecule has 1 aliphatic heterocycles. The highest BCUT2D eigenvalue weighted by atomic mass is 32.2. The number of aliphatic imine (C=N–C) groups is 1. The van der Waals surface area contributed by atoms with E-state index in [2.05, 4.69) is 14.8 Å². The molecule has 1 N–H and O–H groups in total.